The number of hydrogen-bond donors (Lipinski definition) is 2. The summed E-state index contributed by atoms with van der Waals surface area (Å²) in [6, 6.07) is 0. The molecular weight excluding hydrogens is 288 g/mol. The molecule has 0 saturated carbocycles. The summed E-state index contributed by atoms with van der Waals surface area (Å²) >= 11 is 16.3. The molecule has 7 heteroatoms. The summed E-state index contributed by atoms with van der Waals surface area (Å²) in [6.45, 7) is 5.36. The van der Waals surface area contributed by atoms with E-state index in [2.05, 4.69) is 11.9 Å². The normalized spacial score (nSPS) is 14.8. The second-order valence-corrected chi connectivity index (χ2v) is 5.84. The number of carbonyl (C=O) groups excluding carboxylic acids is 1. The van der Waals surface area contributed by atoms with Gasteiger partial charge in [0.1, 0.15) is 0 Å². The summed E-state index contributed by atoms with van der Waals surface area (Å²) < 4.78 is -2.08. The van der Waals surface area contributed by atoms with Crippen LogP contribution in [0.3, 0.4) is 0 Å². The number of alkyl halides is 3. The number of halogens is 3. The van der Waals surface area contributed by atoms with E-state index >= 15 is 0 Å². The average molecular weight is 303 g/mol. The zero-order valence-electron chi connectivity index (χ0n) is 9.30. The first kappa shape index (κ1) is 16.6. The third kappa shape index (κ3) is 5.61. The van der Waals surface area contributed by atoms with E-state index in [9.17, 15) is 9.59 Å². The molecule has 1 unspecified atom stereocenters. The Balaban J connectivity index is 4.78. The molecule has 0 aliphatic heterocycles. The Hall–Kier alpha value is -0.450. The summed E-state index contributed by atoms with van der Waals surface area (Å²) in [5.74, 6) is -1.76. The molecule has 0 aliphatic carbocycles. The molecule has 1 amide bonds. The summed E-state index contributed by atoms with van der Waals surface area (Å²) in [7, 11) is 0. The van der Waals surface area contributed by atoms with E-state index in [1.165, 1.54) is 6.08 Å². The van der Waals surface area contributed by atoms with E-state index < -0.39 is 21.2 Å². The van der Waals surface area contributed by atoms with Crippen molar-refractivity contribution in [3.63, 3.8) is 0 Å². The number of carboxylic acids is 1. The number of aliphatic carboxylic acids is 1. The van der Waals surface area contributed by atoms with Gasteiger partial charge in [-0.1, -0.05) is 47.8 Å². The maximum atomic E-state index is 11.5. The maximum absolute atomic E-state index is 11.5. The fraction of sp³-hybridized carbons (Fsp3) is 0.600. The number of hydrogen-bond acceptors (Lipinski definition) is 2. The molecule has 0 fully saturated rings. The van der Waals surface area contributed by atoms with Gasteiger partial charge in [0.15, 0.2) is 0 Å². The summed E-state index contributed by atoms with van der Waals surface area (Å²) in [6.07, 6.45) is 2.00. The Kier molecular flexibility index (Phi) is 6.30. The lowest BCUT2D eigenvalue weighted by Gasteiger charge is -2.31. The smallest absolute Gasteiger partial charge is 0.303 e. The van der Waals surface area contributed by atoms with Crippen molar-refractivity contribution in [3.8, 4) is 0 Å². The lowest BCUT2D eigenvalue weighted by atomic mass is 9.90. The molecule has 17 heavy (non-hydrogen) atoms. The molecule has 98 valence electrons. The van der Waals surface area contributed by atoms with Gasteiger partial charge in [0.05, 0.1) is 5.54 Å². The average Bonchev–Trinajstić information content (AvgIpc) is 2.22. The van der Waals surface area contributed by atoms with E-state index in [1.54, 1.807) is 6.92 Å². The summed E-state index contributed by atoms with van der Waals surface area (Å²) in [4.78, 5) is 22.1. The van der Waals surface area contributed by atoms with Gasteiger partial charge in [-0.25, -0.2) is 0 Å². The number of carbonyl (C=O) groups is 2. The van der Waals surface area contributed by atoms with Crippen LogP contribution in [0.4, 0.5) is 0 Å². The lowest BCUT2D eigenvalue weighted by molar-refractivity contribution is -0.137. The van der Waals surface area contributed by atoms with Crippen LogP contribution in [0.1, 0.15) is 26.2 Å². The predicted octanol–water partition coefficient (Wildman–Crippen LogP) is 2.67. The van der Waals surface area contributed by atoms with Gasteiger partial charge in [-0.15, -0.1) is 6.58 Å². The first-order valence-corrected chi connectivity index (χ1v) is 6.05. The Morgan fingerprint density at radius 3 is 2.24 bits per heavy atom. The molecule has 4 nitrogen and oxygen atoms in total. The minimum atomic E-state index is -2.08. The van der Waals surface area contributed by atoms with Crippen molar-refractivity contribution in [2.24, 2.45) is 0 Å². The molecule has 0 radical (unpaired) electrons. The van der Waals surface area contributed by atoms with Crippen LogP contribution in [-0.4, -0.2) is 26.3 Å². The summed E-state index contributed by atoms with van der Waals surface area (Å²) in [5, 5.41) is 11.1. The molecule has 0 spiro atoms. The van der Waals surface area contributed by atoms with Gasteiger partial charge in [0.25, 0.3) is 9.70 Å². The van der Waals surface area contributed by atoms with Gasteiger partial charge in [-0.2, -0.15) is 0 Å². The van der Waals surface area contributed by atoms with Crippen molar-refractivity contribution in [1.29, 1.82) is 0 Å². The van der Waals surface area contributed by atoms with E-state index in [0.29, 0.717) is 6.42 Å². The van der Waals surface area contributed by atoms with Crippen LogP contribution in [0, 0.1) is 0 Å². The molecule has 0 aromatic rings. The first-order valence-electron chi connectivity index (χ1n) is 4.91. The molecule has 0 rings (SSSR count). The maximum Gasteiger partial charge on any atom is 0.303 e. The van der Waals surface area contributed by atoms with Crippen molar-refractivity contribution < 1.29 is 14.7 Å². The highest BCUT2D eigenvalue weighted by Crippen LogP contribution is 2.28. The second-order valence-electron chi connectivity index (χ2n) is 3.56. The van der Waals surface area contributed by atoms with E-state index in [1.807, 2.05) is 0 Å². The van der Waals surface area contributed by atoms with Crippen LogP contribution in [0.25, 0.3) is 0 Å². The molecule has 1 atom stereocenters. The third-order valence-corrected chi connectivity index (χ3v) is 2.94. The predicted molar refractivity (Wildman–Crippen MR) is 68.5 cm³/mol. The number of carboxylic acid groups (broad SMARTS) is 1. The topological polar surface area (TPSA) is 66.4 Å². The molecule has 0 aromatic heterocycles. The fourth-order valence-electron chi connectivity index (χ4n) is 1.25. The van der Waals surface area contributed by atoms with Crippen molar-refractivity contribution in [3.05, 3.63) is 12.7 Å². The van der Waals surface area contributed by atoms with Crippen LogP contribution in [0.2, 0.25) is 0 Å². The molecular formula is C10H14Cl3NO3. The lowest BCUT2D eigenvalue weighted by Crippen LogP contribution is -2.50. The third-order valence-electron chi connectivity index (χ3n) is 2.43. The quantitative estimate of drug-likeness (QED) is 0.585. The van der Waals surface area contributed by atoms with Gasteiger partial charge >= 0.3 is 5.97 Å². The van der Waals surface area contributed by atoms with Crippen LogP contribution in [0.5, 0.6) is 0 Å². The van der Waals surface area contributed by atoms with Crippen LogP contribution >= 0.6 is 34.8 Å². The Morgan fingerprint density at radius 2 is 1.94 bits per heavy atom. The van der Waals surface area contributed by atoms with Gasteiger partial charge < -0.3 is 10.4 Å². The molecule has 0 bridgehead atoms. The van der Waals surface area contributed by atoms with Crippen molar-refractivity contribution in [2.45, 2.75) is 35.5 Å². The Labute approximate surface area is 115 Å². The SMILES string of the molecule is C=CC(CC)(CCC(=O)O)NC(=O)C(Cl)(Cl)Cl. The molecule has 0 aromatic carbocycles. The van der Waals surface area contributed by atoms with E-state index in [0.717, 1.165) is 0 Å². The minimum absolute atomic E-state index is 0.111. The molecule has 0 heterocycles. The zero-order valence-corrected chi connectivity index (χ0v) is 11.6. The number of nitrogens with one attached hydrogen (secondary N) is 1. The zero-order chi connectivity index (χ0) is 13.7. The van der Waals surface area contributed by atoms with Crippen LogP contribution < -0.4 is 5.32 Å². The van der Waals surface area contributed by atoms with Crippen molar-refractivity contribution in [1.82, 2.24) is 5.32 Å². The minimum Gasteiger partial charge on any atom is -0.481 e. The first-order chi connectivity index (χ1) is 7.67. The highest BCUT2D eigenvalue weighted by Gasteiger charge is 2.36. The van der Waals surface area contributed by atoms with Crippen LogP contribution in [-0.2, 0) is 9.59 Å². The van der Waals surface area contributed by atoms with E-state index in [4.69, 9.17) is 39.9 Å². The standard InChI is InChI=1S/C10H14Cl3NO3/c1-3-9(4-2,6-5-7(15)16)14-8(17)10(11,12)13/h3H,1,4-6H2,2H3,(H,14,17)(H,15,16). The van der Waals surface area contributed by atoms with Gasteiger partial charge in [-0.3, -0.25) is 9.59 Å². The fourth-order valence-corrected chi connectivity index (χ4v) is 1.39. The van der Waals surface area contributed by atoms with Crippen molar-refractivity contribution >= 4 is 46.7 Å². The largest absolute Gasteiger partial charge is 0.481 e. The number of amides is 1. The van der Waals surface area contributed by atoms with Crippen LogP contribution in [0.15, 0.2) is 12.7 Å². The van der Waals surface area contributed by atoms with E-state index in [-0.39, 0.29) is 12.8 Å². The van der Waals surface area contributed by atoms with Crippen molar-refractivity contribution in [2.75, 3.05) is 0 Å². The highest BCUT2D eigenvalue weighted by molar-refractivity contribution is 6.76. The Morgan fingerprint density at radius 1 is 1.41 bits per heavy atom. The van der Waals surface area contributed by atoms with Gasteiger partial charge in [-0.05, 0) is 12.8 Å². The molecule has 0 saturated heterocycles. The van der Waals surface area contributed by atoms with Gasteiger partial charge in [0, 0.05) is 6.42 Å². The Bertz CT molecular complexity index is 314. The molecule has 0 aliphatic rings. The monoisotopic (exact) mass is 301 g/mol. The number of rotatable bonds is 6. The van der Waals surface area contributed by atoms with Gasteiger partial charge in [0.2, 0.25) is 0 Å². The molecule has 2 N–H and O–H groups in total. The summed E-state index contributed by atoms with van der Waals surface area (Å²) in [5.41, 5.74) is -0.876. The second kappa shape index (κ2) is 6.47. The highest BCUT2D eigenvalue weighted by atomic mass is 35.6.